The predicted molar refractivity (Wildman–Crippen MR) is 108 cm³/mol. The van der Waals surface area contributed by atoms with E-state index in [0.717, 1.165) is 32.1 Å². The Kier molecular flexibility index (Phi) is 9.35. The molecule has 0 aliphatic carbocycles. The number of thiophene rings is 1. The molecule has 2 N–H and O–H groups in total. The molecule has 22 heavy (non-hydrogen) atoms. The fourth-order valence-electron chi connectivity index (χ4n) is 2.62. The molecule has 2 rings (SSSR count). The second-order valence-corrected chi connectivity index (χ2v) is 6.67. The lowest BCUT2D eigenvalue weighted by Crippen LogP contribution is -2.47. The lowest BCUT2D eigenvalue weighted by molar-refractivity contribution is 0.192. The van der Waals surface area contributed by atoms with E-state index in [1.165, 1.54) is 24.8 Å². The molecule has 0 radical (unpaired) electrons. The molecule has 0 saturated carbocycles. The van der Waals surface area contributed by atoms with Gasteiger partial charge in [-0.3, -0.25) is 9.89 Å². The third-order valence-corrected chi connectivity index (χ3v) is 5.09. The largest absolute Gasteiger partial charge is 0.356 e. The van der Waals surface area contributed by atoms with Crippen molar-refractivity contribution in [3.63, 3.8) is 0 Å². The van der Waals surface area contributed by atoms with Crippen LogP contribution in [0.2, 0.25) is 0 Å². The molecule has 2 heterocycles. The van der Waals surface area contributed by atoms with Gasteiger partial charge in [-0.15, -0.1) is 35.3 Å². The zero-order valence-electron chi connectivity index (χ0n) is 13.9. The zero-order chi connectivity index (χ0) is 15.1. The lowest BCUT2D eigenvalue weighted by atomic mass is 10.1. The summed E-state index contributed by atoms with van der Waals surface area (Å²) in [5.41, 5.74) is 1.52. The van der Waals surface area contributed by atoms with Crippen molar-refractivity contribution in [1.82, 2.24) is 15.5 Å². The maximum Gasteiger partial charge on any atom is 0.191 e. The highest BCUT2D eigenvalue weighted by Gasteiger charge is 2.21. The molecule has 1 atom stereocenters. The SMILES string of the molecule is CCCCNC(=NC)NCC(C)N1CCc2sccc2C1.I. The number of hydrogen-bond acceptors (Lipinski definition) is 3. The Labute approximate surface area is 155 Å². The Hall–Kier alpha value is -0.340. The van der Waals surface area contributed by atoms with Crippen molar-refractivity contribution >= 4 is 41.3 Å². The predicted octanol–water partition coefficient (Wildman–Crippen LogP) is 3.08. The smallest absolute Gasteiger partial charge is 0.191 e. The van der Waals surface area contributed by atoms with Crippen LogP contribution < -0.4 is 10.6 Å². The molecule has 6 heteroatoms. The van der Waals surface area contributed by atoms with Gasteiger partial charge in [-0.25, -0.2) is 0 Å². The summed E-state index contributed by atoms with van der Waals surface area (Å²) in [6.07, 6.45) is 3.58. The van der Waals surface area contributed by atoms with E-state index in [1.54, 1.807) is 4.88 Å². The zero-order valence-corrected chi connectivity index (χ0v) is 17.0. The summed E-state index contributed by atoms with van der Waals surface area (Å²) in [6.45, 7) is 8.68. The molecule has 0 fully saturated rings. The second kappa shape index (κ2) is 10.4. The first-order valence-corrected chi connectivity index (χ1v) is 8.86. The fraction of sp³-hybridized carbons (Fsp3) is 0.688. The van der Waals surface area contributed by atoms with Crippen LogP contribution in [0.15, 0.2) is 16.4 Å². The van der Waals surface area contributed by atoms with E-state index in [9.17, 15) is 0 Å². The van der Waals surface area contributed by atoms with Gasteiger partial charge in [-0.2, -0.15) is 0 Å². The summed E-state index contributed by atoms with van der Waals surface area (Å²) in [7, 11) is 1.84. The van der Waals surface area contributed by atoms with Crippen molar-refractivity contribution < 1.29 is 0 Å². The van der Waals surface area contributed by atoms with Crippen molar-refractivity contribution in [3.8, 4) is 0 Å². The van der Waals surface area contributed by atoms with Gasteiger partial charge in [-0.05, 0) is 36.8 Å². The topological polar surface area (TPSA) is 39.7 Å². The van der Waals surface area contributed by atoms with Crippen LogP contribution in [0, 0.1) is 0 Å². The maximum absolute atomic E-state index is 4.28. The molecule has 0 spiro atoms. The standard InChI is InChI=1S/C16H28N4S.HI/c1-4-5-8-18-16(17-3)19-11-13(2)20-9-6-15-14(12-20)7-10-21-15;/h7,10,13H,4-6,8-9,11-12H2,1-3H3,(H2,17,18,19);1H. The van der Waals surface area contributed by atoms with Crippen molar-refractivity contribution in [2.75, 3.05) is 26.7 Å². The first-order valence-electron chi connectivity index (χ1n) is 7.98. The van der Waals surface area contributed by atoms with Crippen LogP contribution in [0.25, 0.3) is 0 Å². The number of guanidine groups is 1. The second-order valence-electron chi connectivity index (χ2n) is 5.67. The molecule has 126 valence electrons. The summed E-state index contributed by atoms with van der Waals surface area (Å²) in [6, 6.07) is 2.79. The number of halogens is 1. The van der Waals surface area contributed by atoms with Gasteiger partial charge in [0.05, 0.1) is 0 Å². The van der Waals surface area contributed by atoms with Gasteiger partial charge in [0.2, 0.25) is 0 Å². The molecule has 0 bridgehead atoms. The third-order valence-electron chi connectivity index (χ3n) is 4.07. The Morgan fingerprint density at radius 1 is 1.45 bits per heavy atom. The number of hydrogen-bond donors (Lipinski definition) is 2. The minimum atomic E-state index is 0. The maximum atomic E-state index is 4.28. The van der Waals surface area contributed by atoms with Gasteiger partial charge >= 0.3 is 0 Å². The van der Waals surface area contributed by atoms with Gasteiger partial charge in [0.1, 0.15) is 0 Å². The van der Waals surface area contributed by atoms with Gasteiger partial charge in [-0.1, -0.05) is 13.3 Å². The molecular weight excluding hydrogens is 407 g/mol. The van der Waals surface area contributed by atoms with Crippen LogP contribution in [0.5, 0.6) is 0 Å². The summed E-state index contributed by atoms with van der Waals surface area (Å²) in [5.74, 6) is 0.920. The van der Waals surface area contributed by atoms with Crippen LogP contribution in [0.3, 0.4) is 0 Å². The van der Waals surface area contributed by atoms with E-state index in [2.05, 4.69) is 45.8 Å². The quantitative estimate of drug-likeness (QED) is 0.312. The van der Waals surface area contributed by atoms with Crippen LogP contribution in [0.1, 0.15) is 37.1 Å². The molecule has 1 aliphatic rings. The number of nitrogens with one attached hydrogen (secondary N) is 2. The van der Waals surface area contributed by atoms with E-state index in [-0.39, 0.29) is 24.0 Å². The van der Waals surface area contributed by atoms with Crippen LogP contribution >= 0.6 is 35.3 Å². The summed E-state index contributed by atoms with van der Waals surface area (Å²) < 4.78 is 0. The van der Waals surface area contributed by atoms with Gasteiger partial charge in [0, 0.05) is 44.1 Å². The molecule has 1 aromatic heterocycles. The molecule has 0 amide bonds. The van der Waals surface area contributed by atoms with Crippen molar-refractivity contribution in [2.45, 2.75) is 45.7 Å². The Morgan fingerprint density at radius 3 is 3.00 bits per heavy atom. The number of nitrogens with zero attached hydrogens (tertiary/aromatic N) is 2. The number of fused-ring (bicyclic) bond motifs is 1. The summed E-state index contributed by atoms with van der Waals surface area (Å²) in [4.78, 5) is 8.41. The molecular formula is C16H29IN4S. The van der Waals surface area contributed by atoms with E-state index < -0.39 is 0 Å². The van der Waals surface area contributed by atoms with Crippen LogP contribution in [-0.2, 0) is 13.0 Å². The average Bonchev–Trinajstić information content (AvgIpc) is 2.97. The Morgan fingerprint density at radius 2 is 2.27 bits per heavy atom. The molecule has 1 unspecified atom stereocenters. The minimum Gasteiger partial charge on any atom is -0.356 e. The van der Waals surface area contributed by atoms with Crippen molar-refractivity contribution in [1.29, 1.82) is 0 Å². The Balaban J connectivity index is 0.00000242. The summed E-state index contributed by atoms with van der Waals surface area (Å²) >= 11 is 1.90. The highest BCUT2D eigenvalue weighted by Crippen LogP contribution is 2.24. The number of rotatable bonds is 6. The first kappa shape index (κ1) is 19.7. The average molecular weight is 436 g/mol. The van der Waals surface area contributed by atoms with Crippen molar-refractivity contribution in [3.05, 3.63) is 21.9 Å². The third kappa shape index (κ3) is 5.70. The molecule has 4 nitrogen and oxygen atoms in total. The molecule has 1 aromatic rings. The monoisotopic (exact) mass is 436 g/mol. The minimum absolute atomic E-state index is 0. The van der Waals surface area contributed by atoms with E-state index >= 15 is 0 Å². The Bertz CT molecular complexity index is 461. The first-order chi connectivity index (χ1) is 10.2. The summed E-state index contributed by atoms with van der Waals surface area (Å²) in [5, 5.41) is 9.02. The van der Waals surface area contributed by atoms with Crippen molar-refractivity contribution in [2.24, 2.45) is 4.99 Å². The van der Waals surface area contributed by atoms with Gasteiger partial charge in [0.25, 0.3) is 0 Å². The number of unbranched alkanes of at least 4 members (excludes halogenated alkanes) is 1. The van der Waals surface area contributed by atoms with Gasteiger partial charge < -0.3 is 10.6 Å². The van der Waals surface area contributed by atoms with E-state index in [1.807, 2.05) is 18.4 Å². The van der Waals surface area contributed by atoms with Crippen LogP contribution in [-0.4, -0.2) is 43.6 Å². The van der Waals surface area contributed by atoms with E-state index in [4.69, 9.17) is 0 Å². The van der Waals surface area contributed by atoms with Crippen LogP contribution in [0.4, 0.5) is 0 Å². The highest BCUT2D eigenvalue weighted by molar-refractivity contribution is 14.0. The van der Waals surface area contributed by atoms with Gasteiger partial charge in [0.15, 0.2) is 5.96 Å². The normalized spacial score (nSPS) is 16.6. The molecule has 0 saturated heterocycles. The number of aliphatic imine (C=N–C) groups is 1. The highest BCUT2D eigenvalue weighted by atomic mass is 127. The lowest BCUT2D eigenvalue weighted by Gasteiger charge is -2.32. The molecule has 0 aromatic carbocycles. The fourth-order valence-corrected chi connectivity index (χ4v) is 3.51. The molecule has 1 aliphatic heterocycles. The van der Waals surface area contributed by atoms with E-state index in [0.29, 0.717) is 6.04 Å².